The van der Waals surface area contributed by atoms with Crippen LogP contribution in [-0.2, 0) is 10.0 Å². The van der Waals surface area contributed by atoms with Crippen LogP contribution in [0.15, 0.2) is 36.9 Å². The molecule has 0 heterocycles. The second-order valence-electron chi connectivity index (χ2n) is 2.46. The quantitative estimate of drug-likeness (QED) is 0.850. The molecule has 0 aliphatic rings. The van der Waals surface area contributed by atoms with Crippen LogP contribution in [0.25, 0.3) is 6.08 Å². The predicted molar refractivity (Wildman–Crippen MR) is 55.6 cm³/mol. The topological polar surface area (TPSA) is 60.2 Å². The number of hydrogen-bond donors (Lipinski definition) is 1. The Labute approximate surface area is 87.3 Å². The Morgan fingerprint density at radius 2 is 1.67 bits per heavy atom. The monoisotopic (exact) mass is 235 g/mol. The number of halogens is 2. The molecule has 0 aliphatic heterocycles. The van der Waals surface area contributed by atoms with Gasteiger partial charge in [0.05, 0.1) is 0 Å². The highest BCUT2D eigenvalue weighted by Gasteiger charge is 2.16. The van der Waals surface area contributed by atoms with E-state index >= 15 is 0 Å². The molecule has 0 saturated carbocycles. The Bertz CT molecular complexity index is 390. The van der Waals surface area contributed by atoms with Gasteiger partial charge in [-0.25, -0.2) is 13.6 Å². The lowest BCUT2D eigenvalue weighted by atomic mass is 10.2. The molecule has 1 aromatic carbocycles. The molecule has 1 aromatic rings. The Morgan fingerprint density at radius 1 is 1.27 bits per heavy atom. The summed E-state index contributed by atoms with van der Waals surface area (Å²) in [6, 6.07) is 10.0. The normalized spacial score (nSPS) is 10.4. The van der Waals surface area contributed by atoms with E-state index in [0.717, 1.165) is 0 Å². The maximum atomic E-state index is 10.8. The third-order valence-electron chi connectivity index (χ3n) is 1.28. The van der Waals surface area contributed by atoms with Gasteiger partial charge in [0.25, 0.3) is 10.0 Å². The third-order valence-corrected chi connectivity index (χ3v) is 1.78. The van der Waals surface area contributed by atoms with E-state index in [0.29, 0.717) is 0 Å². The largest absolute Gasteiger partial charge is 0.350 e. The van der Waals surface area contributed by atoms with E-state index in [9.17, 15) is 17.2 Å². The van der Waals surface area contributed by atoms with Gasteiger partial charge in [0.2, 0.25) is 0 Å². The third kappa shape index (κ3) is 6.75. The molecule has 3 nitrogen and oxygen atoms in total. The van der Waals surface area contributed by atoms with Gasteiger partial charge in [0, 0.05) is 0 Å². The van der Waals surface area contributed by atoms with Crippen LogP contribution in [0.5, 0.6) is 0 Å². The maximum Gasteiger partial charge on any atom is 0.350 e. The summed E-state index contributed by atoms with van der Waals surface area (Å²) in [7, 11) is -4.57. The highest BCUT2D eigenvalue weighted by atomic mass is 32.2. The first kappa shape index (κ1) is 13.7. The summed E-state index contributed by atoms with van der Waals surface area (Å²) in [5.41, 5.74) is 1.17. The standard InChI is InChI=1S/C8H8.CH3F2NO2S/c1-2-8-6-4-3-5-7-8;2-1(3)7(4,5)6/h2-7H,1H2;1H,(H2,4,5,6). The van der Waals surface area contributed by atoms with E-state index < -0.39 is 15.8 Å². The van der Waals surface area contributed by atoms with Gasteiger partial charge in [-0.05, 0) is 5.56 Å². The van der Waals surface area contributed by atoms with E-state index in [1.807, 2.05) is 36.4 Å². The Kier molecular flexibility index (Phi) is 5.73. The fraction of sp³-hybridized carbons (Fsp3) is 0.111. The van der Waals surface area contributed by atoms with Crippen molar-refractivity contribution in [3.05, 3.63) is 42.5 Å². The predicted octanol–water partition coefficient (Wildman–Crippen LogP) is 1.83. The summed E-state index contributed by atoms with van der Waals surface area (Å²) in [4.78, 5) is 0. The highest BCUT2D eigenvalue weighted by molar-refractivity contribution is 7.89. The summed E-state index contributed by atoms with van der Waals surface area (Å²) in [6.07, 6.45) is 1.83. The van der Waals surface area contributed by atoms with Crippen LogP contribution in [0.3, 0.4) is 0 Å². The van der Waals surface area contributed by atoms with Gasteiger partial charge in [-0.2, -0.15) is 8.78 Å². The minimum absolute atomic E-state index is 1.17. The highest BCUT2D eigenvalue weighted by Crippen LogP contribution is 1.97. The van der Waals surface area contributed by atoms with Gasteiger partial charge in [0.15, 0.2) is 0 Å². The number of alkyl halides is 2. The smallest absolute Gasteiger partial charge is 0.224 e. The average Bonchev–Trinajstić information content (AvgIpc) is 2.18. The van der Waals surface area contributed by atoms with Crippen molar-refractivity contribution in [3.63, 3.8) is 0 Å². The van der Waals surface area contributed by atoms with Crippen molar-refractivity contribution >= 4 is 16.1 Å². The molecule has 0 radical (unpaired) electrons. The molecule has 0 spiro atoms. The molecule has 15 heavy (non-hydrogen) atoms. The van der Waals surface area contributed by atoms with Gasteiger partial charge in [-0.15, -0.1) is 0 Å². The van der Waals surface area contributed by atoms with Crippen LogP contribution in [0, 0.1) is 0 Å². The molecule has 0 aromatic heterocycles. The zero-order chi connectivity index (χ0) is 11.9. The number of benzene rings is 1. The molecule has 0 unspecified atom stereocenters. The number of hydrogen-bond acceptors (Lipinski definition) is 2. The molecule has 0 bridgehead atoms. The molecule has 0 atom stereocenters. The van der Waals surface area contributed by atoms with Gasteiger partial charge in [-0.3, -0.25) is 0 Å². The minimum Gasteiger partial charge on any atom is -0.224 e. The van der Waals surface area contributed by atoms with E-state index in [1.165, 1.54) is 5.56 Å². The van der Waals surface area contributed by atoms with E-state index in [2.05, 4.69) is 11.7 Å². The molecule has 1 rings (SSSR count). The van der Waals surface area contributed by atoms with E-state index in [4.69, 9.17) is 0 Å². The fourth-order valence-corrected chi connectivity index (χ4v) is 0.589. The Balaban J connectivity index is 0.000000265. The molecule has 2 N–H and O–H groups in total. The van der Waals surface area contributed by atoms with Gasteiger partial charge in [-0.1, -0.05) is 43.0 Å². The van der Waals surface area contributed by atoms with Crippen molar-refractivity contribution < 1.29 is 17.2 Å². The number of sulfonamides is 1. The van der Waals surface area contributed by atoms with Crippen LogP contribution < -0.4 is 5.14 Å². The van der Waals surface area contributed by atoms with Crippen LogP contribution in [0.2, 0.25) is 0 Å². The molecule has 6 heteroatoms. The lowest BCUT2D eigenvalue weighted by molar-refractivity contribution is 0.235. The van der Waals surface area contributed by atoms with Gasteiger partial charge < -0.3 is 0 Å². The first-order chi connectivity index (χ1) is 6.88. The minimum atomic E-state index is -4.57. The van der Waals surface area contributed by atoms with Crippen molar-refractivity contribution in [2.24, 2.45) is 5.14 Å². The number of primary sulfonamides is 1. The van der Waals surface area contributed by atoms with Crippen molar-refractivity contribution in [2.45, 2.75) is 5.76 Å². The Morgan fingerprint density at radius 3 is 1.87 bits per heavy atom. The summed E-state index contributed by atoms with van der Waals surface area (Å²) >= 11 is 0. The number of nitrogens with two attached hydrogens (primary N) is 1. The molecule has 84 valence electrons. The second kappa shape index (κ2) is 6.26. The number of rotatable bonds is 2. The fourth-order valence-electron chi connectivity index (χ4n) is 0.589. The molecule has 0 amide bonds. The lowest BCUT2D eigenvalue weighted by Gasteiger charge is -1.88. The van der Waals surface area contributed by atoms with Crippen LogP contribution in [0.4, 0.5) is 8.78 Å². The maximum absolute atomic E-state index is 10.8. The van der Waals surface area contributed by atoms with Crippen LogP contribution in [-0.4, -0.2) is 14.2 Å². The molecule has 0 aliphatic carbocycles. The Hall–Kier alpha value is -1.27. The summed E-state index contributed by atoms with van der Waals surface area (Å²) in [6.45, 7) is 3.63. The molecule has 0 fully saturated rings. The SMILES string of the molecule is C=Cc1ccccc1.NS(=O)(=O)C(F)F. The van der Waals surface area contributed by atoms with Crippen molar-refractivity contribution in [2.75, 3.05) is 0 Å². The van der Waals surface area contributed by atoms with Gasteiger partial charge in [0.1, 0.15) is 0 Å². The van der Waals surface area contributed by atoms with Crippen molar-refractivity contribution in [3.8, 4) is 0 Å². The molecular formula is C9H11F2NO2S. The molecule has 0 saturated heterocycles. The zero-order valence-corrected chi connectivity index (χ0v) is 8.62. The summed E-state index contributed by atoms with van der Waals surface area (Å²) in [5, 5.41) is 3.90. The second-order valence-corrected chi connectivity index (χ2v) is 4.00. The summed E-state index contributed by atoms with van der Waals surface area (Å²) < 4.78 is 40.4. The van der Waals surface area contributed by atoms with Crippen LogP contribution in [0.1, 0.15) is 5.56 Å². The van der Waals surface area contributed by atoms with E-state index in [-0.39, 0.29) is 0 Å². The van der Waals surface area contributed by atoms with E-state index in [1.54, 1.807) is 0 Å². The molecular weight excluding hydrogens is 224 g/mol. The lowest BCUT2D eigenvalue weighted by Crippen LogP contribution is -2.20. The first-order valence-electron chi connectivity index (χ1n) is 3.85. The summed E-state index contributed by atoms with van der Waals surface area (Å²) in [5.74, 6) is -3.45. The van der Waals surface area contributed by atoms with Crippen molar-refractivity contribution in [1.82, 2.24) is 0 Å². The zero-order valence-electron chi connectivity index (χ0n) is 7.81. The van der Waals surface area contributed by atoms with Crippen LogP contribution >= 0.6 is 0 Å². The average molecular weight is 235 g/mol. The van der Waals surface area contributed by atoms with Crippen molar-refractivity contribution in [1.29, 1.82) is 0 Å². The van der Waals surface area contributed by atoms with Gasteiger partial charge >= 0.3 is 5.76 Å². The first-order valence-corrected chi connectivity index (χ1v) is 5.46.